The van der Waals surface area contributed by atoms with Gasteiger partial charge in [-0.15, -0.1) is 0 Å². The van der Waals surface area contributed by atoms with Crippen LogP contribution in [0.15, 0.2) is 5.38 Å². The summed E-state index contributed by atoms with van der Waals surface area (Å²) in [6, 6.07) is 4.60. The van der Waals surface area contributed by atoms with E-state index in [0.29, 0.717) is 5.56 Å². The maximum absolute atomic E-state index is 9.60. The molecule has 0 aliphatic rings. The van der Waals surface area contributed by atoms with E-state index in [1.54, 1.807) is 11.3 Å². The number of thiophene rings is 1. The molecule has 2 nitrogen and oxygen atoms in total. The Kier molecular flexibility index (Phi) is 9.13. The quantitative estimate of drug-likeness (QED) is 0.464. The first-order valence-corrected chi connectivity index (χ1v) is 17.0. The van der Waals surface area contributed by atoms with Gasteiger partial charge in [-0.05, 0) is 0 Å². The second-order valence-electron chi connectivity index (χ2n) is 6.17. The molecule has 0 saturated carbocycles. The zero-order valence-corrected chi connectivity index (χ0v) is 17.9. The Morgan fingerprint density at radius 2 is 1.41 bits per heavy atom. The number of hydrogen-bond donors (Lipinski definition) is 0. The van der Waals surface area contributed by atoms with Crippen LogP contribution in [0, 0.1) is 22.7 Å². The molecule has 0 fully saturated rings. The van der Waals surface area contributed by atoms with Crippen molar-refractivity contribution < 1.29 is 0 Å². The molecule has 4 heteroatoms. The van der Waals surface area contributed by atoms with Crippen molar-refractivity contribution in [3.63, 3.8) is 0 Å². The molecule has 0 aliphatic carbocycles. The summed E-state index contributed by atoms with van der Waals surface area (Å²) in [5.74, 6) is 0. The summed E-state index contributed by atoms with van der Waals surface area (Å²) in [4.78, 5) is 0. The Hall–Kier alpha value is -0.521. The van der Waals surface area contributed by atoms with Gasteiger partial charge in [-0.25, -0.2) is 0 Å². The van der Waals surface area contributed by atoms with Gasteiger partial charge in [0.2, 0.25) is 0 Å². The monoisotopic (exact) mass is 424 g/mol. The van der Waals surface area contributed by atoms with Gasteiger partial charge >= 0.3 is 144 Å². The van der Waals surface area contributed by atoms with Crippen LogP contribution in [-0.2, 0) is 0 Å². The van der Waals surface area contributed by atoms with Gasteiger partial charge in [0.05, 0.1) is 0 Å². The van der Waals surface area contributed by atoms with E-state index < -0.39 is 18.4 Å². The zero-order valence-electron chi connectivity index (χ0n) is 14.2. The predicted octanol–water partition coefficient (Wildman–Crippen LogP) is 5.55. The zero-order chi connectivity index (χ0) is 16.4. The normalized spacial score (nSPS) is 11.1. The first kappa shape index (κ1) is 19.5. The number of rotatable bonds is 10. The standard InChI is InChI=1S/C6HN2S.3C4H9.Sn/c7-1-5-3-9-4-6(5)2-8;3*1-3-4-2;/h3H;3*1,3-4H2,2H3;. The topological polar surface area (TPSA) is 47.6 Å². The van der Waals surface area contributed by atoms with Gasteiger partial charge in [0.1, 0.15) is 0 Å². The van der Waals surface area contributed by atoms with Crippen LogP contribution in [0.25, 0.3) is 0 Å². The summed E-state index contributed by atoms with van der Waals surface area (Å²) < 4.78 is 5.45. The number of nitrogens with zero attached hydrogens (tertiary/aromatic N) is 2. The van der Waals surface area contributed by atoms with E-state index >= 15 is 0 Å². The third-order valence-corrected chi connectivity index (χ3v) is 23.9. The second kappa shape index (κ2) is 10.3. The molecule has 0 amide bonds. The molecule has 22 heavy (non-hydrogen) atoms. The van der Waals surface area contributed by atoms with Crippen molar-refractivity contribution in [2.45, 2.75) is 72.6 Å². The molecular weight excluding hydrogens is 395 g/mol. The molecule has 120 valence electrons. The Balaban J connectivity index is 3.29. The fraction of sp³-hybridized carbons (Fsp3) is 0.667. The Labute approximate surface area is 144 Å². The van der Waals surface area contributed by atoms with Gasteiger partial charge in [0, 0.05) is 0 Å². The molecule has 1 heterocycles. The van der Waals surface area contributed by atoms with E-state index in [1.165, 1.54) is 54.7 Å². The van der Waals surface area contributed by atoms with Crippen LogP contribution < -0.4 is 2.89 Å². The van der Waals surface area contributed by atoms with Crippen molar-refractivity contribution in [3.8, 4) is 12.1 Å². The van der Waals surface area contributed by atoms with E-state index in [4.69, 9.17) is 0 Å². The van der Waals surface area contributed by atoms with Crippen LogP contribution in [0.1, 0.15) is 70.4 Å². The van der Waals surface area contributed by atoms with E-state index in [2.05, 4.69) is 32.9 Å². The summed E-state index contributed by atoms with van der Waals surface area (Å²) in [5.41, 5.74) is 1.36. The van der Waals surface area contributed by atoms with Crippen LogP contribution in [0.2, 0.25) is 13.3 Å². The van der Waals surface area contributed by atoms with Gasteiger partial charge < -0.3 is 0 Å². The van der Waals surface area contributed by atoms with Crippen LogP contribution in [0.5, 0.6) is 0 Å². The molecule has 0 aliphatic heterocycles. The number of hydrogen-bond acceptors (Lipinski definition) is 3. The molecule has 0 unspecified atom stereocenters. The molecular formula is C18H28N2SSn. The first-order valence-electron chi connectivity index (χ1n) is 8.61. The van der Waals surface area contributed by atoms with Crippen molar-refractivity contribution in [3.05, 3.63) is 16.5 Å². The summed E-state index contributed by atoms with van der Waals surface area (Å²) >= 11 is -0.817. The Morgan fingerprint density at radius 3 is 1.77 bits per heavy atom. The molecule has 1 aromatic rings. The summed E-state index contributed by atoms with van der Waals surface area (Å²) in [6.45, 7) is 6.78. The van der Waals surface area contributed by atoms with Crippen molar-refractivity contribution >= 4 is 32.6 Å². The predicted molar refractivity (Wildman–Crippen MR) is 98.3 cm³/mol. The van der Waals surface area contributed by atoms with Crippen molar-refractivity contribution in [2.24, 2.45) is 0 Å². The second-order valence-corrected chi connectivity index (χ2v) is 21.1. The minimum absolute atomic E-state index is 0.619. The molecule has 1 aromatic heterocycles. The first-order chi connectivity index (χ1) is 10.7. The third kappa shape index (κ3) is 4.74. The molecule has 0 saturated heterocycles. The van der Waals surface area contributed by atoms with Gasteiger partial charge in [-0.2, -0.15) is 0 Å². The molecule has 0 N–H and O–H groups in total. The van der Waals surface area contributed by atoms with Crippen molar-refractivity contribution in [2.75, 3.05) is 0 Å². The average Bonchev–Trinajstić information content (AvgIpc) is 2.98. The van der Waals surface area contributed by atoms with Crippen LogP contribution in [-0.4, -0.2) is 18.4 Å². The molecule has 1 rings (SSSR count). The maximum atomic E-state index is 9.60. The fourth-order valence-electron chi connectivity index (χ4n) is 3.20. The Bertz CT molecular complexity index is 514. The van der Waals surface area contributed by atoms with Crippen molar-refractivity contribution in [1.82, 2.24) is 0 Å². The minimum atomic E-state index is -2.55. The molecule has 0 aromatic carbocycles. The van der Waals surface area contributed by atoms with Crippen LogP contribution in [0.3, 0.4) is 0 Å². The molecule has 0 radical (unpaired) electrons. The van der Waals surface area contributed by atoms with E-state index in [9.17, 15) is 10.5 Å². The van der Waals surface area contributed by atoms with Gasteiger partial charge in [-0.3, -0.25) is 0 Å². The summed E-state index contributed by atoms with van der Waals surface area (Å²) in [7, 11) is 0. The van der Waals surface area contributed by atoms with Gasteiger partial charge in [-0.1, -0.05) is 0 Å². The van der Waals surface area contributed by atoms with Crippen LogP contribution in [0.4, 0.5) is 0 Å². The molecule has 0 bridgehead atoms. The molecule has 0 atom stereocenters. The van der Waals surface area contributed by atoms with E-state index in [1.807, 2.05) is 5.38 Å². The fourth-order valence-corrected chi connectivity index (χ4v) is 23.8. The van der Waals surface area contributed by atoms with Gasteiger partial charge in [0.25, 0.3) is 0 Å². The van der Waals surface area contributed by atoms with Gasteiger partial charge in [0.15, 0.2) is 0 Å². The van der Waals surface area contributed by atoms with E-state index in [0.717, 1.165) is 5.56 Å². The summed E-state index contributed by atoms with van der Waals surface area (Å²) in [6.07, 6.45) is 7.55. The SMILES string of the molecule is CCC[CH2][Sn]([CH2]CCC)([CH2]CCC)[c]1scc(C#N)c1C#N. The van der Waals surface area contributed by atoms with Crippen LogP contribution >= 0.6 is 11.3 Å². The molecule has 0 spiro atoms. The van der Waals surface area contributed by atoms with E-state index in [-0.39, 0.29) is 0 Å². The Morgan fingerprint density at radius 1 is 0.909 bits per heavy atom. The number of nitriles is 2. The van der Waals surface area contributed by atoms with Crippen molar-refractivity contribution in [1.29, 1.82) is 10.5 Å². The third-order valence-electron chi connectivity index (χ3n) is 4.53. The average molecular weight is 423 g/mol. The summed E-state index contributed by atoms with van der Waals surface area (Å²) in [5, 5.41) is 20.8. The number of unbranched alkanes of at least 4 members (excludes halogenated alkanes) is 3.